The van der Waals surface area contributed by atoms with E-state index < -0.39 is 5.97 Å². The second kappa shape index (κ2) is 5.47. The lowest BCUT2D eigenvalue weighted by molar-refractivity contribution is 0.0697. The van der Waals surface area contributed by atoms with E-state index in [0.29, 0.717) is 23.5 Å². The Morgan fingerprint density at radius 3 is 2.79 bits per heavy atom. The first-order chi connectivity index (χ1) is 8.97. The molecule has 0 spiro atoms. The molecule has 3 atom stereocenters. The number of nitrogens with zero attached hydrogens (tertiary/aromatic N) is 1. The van der Waals surface area contributed by atoms with Crippen LogP contribution >= 0.6 is 0 Å². The predicted molar refractivity (Wildman–Crippen MR) is 75.2 cm³/mol. The van der Waals surface area contributed by atoms with Crippen LogP contribution in [0.5, 0.6) is 0 Å². The number of nitrogens with one attached hydrogen (secondary N) is 1. The van der Waals surface area contributed by atoms with Crippen molar-refractivity contribution in [2.75, 3.05) is 11.1 Å². The highest BCUT2D eigenvalue weighted by Crippen LogP contribution is 2.31. The summed E-state index contributed by atoms with van der Waals surface area (Å²) in [6, 6.07) is 1.74. The van der Waals surface area contributed by atoms with Crippen molar-refractivity contribution in [3.63, 3.8) is 0 Å². The van der Waals surface area contributed by atoms with Crippen LogP contribution in [0, 0.1) is 11.8 Å². The van der Waals surface area contributed by atoms with Crippen LogP contribution < -0.4 is 11.1 Å². The molecule has 5 nitrogen and oxygen atoms in total. The molecular formula is C14H21N3O2. The van der Waals surface area contributed by atoms with Crippen molar-refractivity contribution in [1.29, 1.82) is 0 Å². The zero-order valence-electron chi connectivity index (χ0n) is 11.4. The standard InChI is InChI=1S/C14H21N3O2/c1-8-3-4-11(5-9(8)2)17-13-12(14(18)19)6-10(15)7-16-13/h6-9,11H,3-5,15H2,1-2H3,(H,16,17)(H,18,19). The minimum Gasteiger partial charge on any atom is -0.478 e. The van der Waals surface area contributed by atoms with Gasteiger partial charge in [-0.1, -0.05) is 13.8 Å². The monoisotopic (exact) mass is 263 g/mol. The highest BCUT2D eigenvalue weighted by atomic mass is 16.4. The van der Waals surface area contributed by atoms with Crippen molar-refractivity contribution in [2.45, 2.75) is 39.2 Å². The van der Waals surface area contributed by atoms with Gasteiger partial charge in [0.05, 0.1) is 11.9 Å². The molecule has 1 heterocycles. The number of carboxylic acid groups (broad SMARTS) is 1. The minimum atomic E-state index is -1.00. The van der Waals surface area contributed by atoms with Gasteiger partial charge in [0.1, 0.15) is 11.4 Å². The average Bonchev–Trinajstić information content (AvgIpc) is 2.36. The number of hydrogen-bond donors (Lipinski definition) is 3. The molecule has 0 radical (unpaired) electrons. The van der Waals surface area contributed by atoms with Gasteiger partial charge in [-0.25, -0.2) is 9.78 Å². The second-order valence-electron chi connectivity index (χ2n) is 5.58. The van der Waals surface area contributed by atoms with Crippen LogP contribution in [0.25, 0.3) is 0 Å². The molecule has 4 N–H and O–H groups in total. The summed E-state index contributed by atoms with van der Waals surface area (Å²) in [4.78, 5) is 15.3. The molecule has 0 aromatic carbocycles. The Morgan fingerprint density at radius 2 is 2.16 bits per heavy atom. The molecule has 1 aliphatic carbocycles. The number of rotatable bonds is 3. The lowest BCUT2D eigenvalue weighted by Crippen LogP contribution is -2.31. The number of nitrogen functional groups attached to an aromatic ring is 1. The molecule has 1 aromatic heterocycles. The van der Waals surface area contributed by atoms with Crippen LogP contribution in [-0.4, -0.2) is 22.1 Å². The zero-order chi connectivity index (χ0) is 14.0. The molecule has 1 aliphatic rings. The third-order valence-electron chi connectivity index (χ3n) is 4.08. The van der Waals surface area contributed by atoms with Crippen LogP contribution in [0.15, 0.2) is 12.3 Å². The highest BCUT2D eigenvalue weighted by molar-refractivity contribution is 5.94. The zero-order valence-corrected chi connectivity index (χ0v) is 11.4. The molecule has 2 rings (SSSR count). The SMILES string of the molecule is CC1CCC(Nc2ncc(N)cc2C(=O)O)CC1C. The molecule has 0 amide bonds. The van der Waals surface area contributed by atoms with Gasteiger partial charge in [-0.3, -0.25) is 0 Å². The van der Waals surface area contributed by atoms with Crippen molar-refractivity contribution < 1.29 is 9.90 Å². The van der Waals surface area contributed by atoms with Gasteiger partial charge in [-0.2, -0.15) is 0 Å². The Balaban J connectivity index is 2.13. The number of anilines is 2. The fraction of sp³-hybridized carbons (Fsp3) is 0.571. The number of carbonyl (C=O) groups is 1. The van der Waals surface area contributed by atoms with Gasteiger partial charge in [0, 0.05) is 6.04 Å². The molecular weight excluding hydrogens is 242 g/mol. The fourth-order valence-corrected chi connectivity index (χ4v) is 2.63. The van der Waals surface area contributed by atoms with Gasteiger partial charge in [-0.15, -0.1) is 0 Å². The van der Waals surface area contributed by atoms with Gasteiger partial charge in [0.15, 0.2) is 0 Å². The third kappa shape index (κ3) is 3.16. The summed E-state index contributed by atoms with van der Waals surface area (Å²) < 4.78 is 0. The van der Waals surface area contributed by atoms with Gasteiger partial charge < -0.3 is 16.2 Å². The quantitative estimate of drug-likeness (QED) is 0.780. The number of aromatic carboxylic acids is 1. The Labute approximate surface area is 113 Å². The molecule has 1 aromatic rings. The third-order valence-corrected chi connectivity index (χ3v) is 4.08. The molecule has 19 heavy (non-hydrogen) atoms. The number of nitrogens with two attached hydrogens (primary N) is 1. The first-order valence-electron chi connectivity index (χ1n) is 6.72. The van der Waals surface area contributed by atoms with Crippen LogP contribution in [0.1, 0.15) is 43.5 Å². The predicted octanol–water partition coefficient (Wildman–Crippen LogP) is 2.60. The van der Waals surface area contributed by atoms with Gasteiger partial charge in [0.25, 0.3) is 0 Å². The van der Waals surface area contributed by atoms with E-state index in [1.807, 2.05) is 0 Å². The summed E-state index contributed by atoms with van der Waals surface area (Å²) in [6.07, 6.45) is 4.75. The first-order valence-corrected chi connectivity index (χ1v) is 6.72. The average molecular weight is 263 g/mol. The fourth-order valence-electron chi connectivity index (χ4n) is 2.63. The summed E-state index contributed by atoms with van der Waals surface area (Å²) >= 11 is 0. The summed E-state index contributed by atoms with van der Waals surface area (Å²) in [5, 5.41) is 12.4. The molecule has 5 heteroatoms. The number of hydrogen-bond acceptors (Lipinski definition) is 4. The maximum atomic E-state index is 11.2. The van der Waals surface area contributed by atoms with Crippen LogP contribution in [0.2, 0.25) is 0 Å². The van der Waals surface area contributed by atoms with Crippen molar-refractivity contribution in [2.24, 2.45) is 11.8 Å². The molecule has 0 bridgehead atoms. The van der Waals surface area contributed by atoms with Crippen molar-refractivity contribution in [3.05, 3.63) is 17.8 Å². The minimum absolute atomic E-state index is 0.145. The smallest absolute Gasteiger partial charge is 0.339 e. The van der Waals surface area contributed by atoms with E-state index in [2.05, 4.69) is 24.1 Å². The number of aromatic nitrogens is 1. The number of pyridine rings is 1. The van der Waals surface area contributed by atoms with E-state index in [9.17, 15) is 9.90 Å². The Kier molecular flexibility index (Phi) is 3.93. The number of carboxylic acids is 1. The van der Waals surface area contributed by atoms with E-state index in [1.54, 1.807) is 0 Å². The lowest BCUT2D eigenvalue weighted by atomic mass is 9.79. The first kappa shape index (κ1) is 13.6. The van der Waals surface area contributed by atoms with Gasteiger partial charge in [-0.05, 0) is 37.2 Å². The molecule has 104 valence electrons. The lowest BCUT2D eigenvalue weighted by Gasteiger charge is -2.33. The molecule has 1 saturated carbocycles. The van der Waals surface area contributed by atoms with E-state index in [1.165, 1.54) is 12.3 Å². The normalized spacial score (nSPS) is 26.9. The summed E-state index contributed by atoms with van der Waals surface area (Å²) in [5.74, 6) is 0.803. The largest absolute Gasteiger partial charge is 0.478 e. The van der Waals surface area contributed by atoms with E-state index in [0.717, 1.165) is 25.2 Å². The van der Waals surface area contributed by atoms with E-state index in [-0.39, 0.29) is 5.56 Å². The summed E-state index contributed by atoms with van der Waals surface area (Å²) in [6.45, 7) is 4.51. The van der Waals surface area contributed by atoms with Crippen molar-refractivity contribution >= 4 is 17.5 Å². The Hall–Kier alpha value is -1.78. The molecule has 1 fully saturated rings. The van der Waals surface area contributed by atoms with Gasteiger partial charge in [0.2, 0.25) is 0 Å². The highest BCUT2D eigenvalue weighted by Gasteiger charge is 2.25. The Morgan fingerprint density at radius 1 is 1.42 bits per heavy atom. The topological polar surface area (TPSA) is 88.2 Å². The Bertz CT molecular complexity index is 476. The van der Waals surface area contributed by atoms with E-state index in [4.69, 9.17) is 5.73 Å². The maximum absolute atomic E-state index is 11.2. The van der Waals surface area contributed by atoms with Crippen LogP contribution in [-0.2, 0) is 0 Å². The van der Waals surface area contributed by atoms with Crippen molar-refractivity contribution in [1.82, 2.24) is 4.98 Å². The summed E-state index contributed by atoms with van der Waals surface area (Å²) in [5.41, 5.74) is 6.10. The van der Waals surface area contributed by atoms with Crippen LogP contribution in [0.3, 0.4) is 0 Å². The van der Waals surface area contributed by atoms with Crippen LogP contribution in [0.4, 0.5) is 11.5 Å². The molecule has 3 unspecified atom stereocenters. The van der Waals surface area contributed by atoms with Gasteiger partial charge >= 0.3 is 5.97 Å². The maximum Gasteiger partial charge on any atom is 0.339 e. The summed E-state index contributed by atoms with van der Waals surface area (Å²) in [7, 11) is 0. The van der Waals surface area contributed by atoms with E-state index >= 15 is 0 Å². The molecule has 0 saturated heterocycles. The second-order valence-corrected chi connectivity index (χ2v) is 5.58. The van der Waals surface area contributed by atoms with Crippen molar-refractivity contribution in [3.8, 4) is 0 Å². The molecule has 0 aliphatic heterocycles.